The van der Waals surface area contributed by atoms with Crippen LogP contribution in [-0.2, 0) is 15.4 Å². The summed E-state index contributed by atoms with van der Waals surface area (Å²) in [5, 5.41) is 10.8. The molecule has 3 aromatic rings. The Labute approximate surface area is 172 Å². The molecule has 0 saturated carbocycles. The maximum absolute atomic E-state index is 13.4. The topological polar surface area (TPSA) is 57.6 Å². The number of benzene rings is 3. The molecule has 0 radical (unpaired) electrons. The molecular formula is C24H25NO3S. The van der Waals surface area contributed by atoms with E-state index in [1.54, 1.807) is 24.3 Å². The van der Waals surface area contributed by atoms with Crippen LogP contribution in [0.3, 0.4) is 0 Å². The zero-order chi connectivity index (χ0) is 20.5. The number of hydrogen-bond acceptors (Lipinski definition) is 3. The Bertz CT molecular complexity index is 1020. The Morgan fingerprint density at radius 2 is 1.38 bits per heavy atom. The normalized spacial score (nSPS) is 19.7. The van der Waals surface area contributed by atoms with Gasteiger partial charge in [0.1, 0.15) is 0 Å². The Hall–Kier alpha value is -2.47. The highest BCUT2D eigenvalue weighted by molar-refractivity contribution is 7.89. The van der Waals surface area contributed by atoms with Gasteiger partial charge >= 0.3 is 0 Å². The number of aliphatic hydroxyl groups is 1. The molecule has 4 nitrogen and oxygen atoms in total. The number of rotatable bonds is 4. The van der Waals surface area contributed by atoms with E-state index in [1.807, 2.05) is 67.6 Å². The van der Waals surface area contributed by atoms with Crippen molar-refractivity contribution in [1.82, 2.24) is 4.31 Å². The second kappa shape index (κ2) is 7.75. The van der Waals surface area contributed by atoms with Crippen LogP contribution in [0.5, 0.6) is 0 Å². The first-order valence-electron chi connectivity index (χ1n) is 9.78. The van der Waals surface area contributed by atoms with E-state index in [0.717, 1.165) is 16.7 Å². The molecule has 150 valence electrons. The van der Waals surface area contributed by atoms with E-state index in [-0.39, 0.29) is 18.0 Å². The minimum atomic E-state index is -3.73. The van der Waals surface area contributed by atoms with Gasteiger partial charge in [-0.05, 0) is 36.6 Å². The third-order valence-electron chi connectivity index (χ3n) is 5.76. The van der Waals surface area contributed by atoms with Crippen molar-refractivity contribution in [2.24, 2.45) is 0 Å². The summed E-state index contributed by atoms with van der Waals surface area (Å²) in [6.07, 6.45) is -0.287. The van der Waals surface area contributed by atoms with Crippen molar-refractivity contribution in [2.45, 2.75) is 29.8 Å². The van der Waals surface area contributed by atoms with Gasteiger partial charge in [0, 0.05) is 18.5 Å². The fraction of sp³-hybridized carbons (Fsp3) is 0.250. The molecule has 4 rings (SSSR count). The second-order valence-corrected chi connectivity index (χ2v) is 9.72. The Kier molecular flexibility index (Phi) is 5.30. The largest absolute Gasteiger partial charge is 0.392 e. The molecule has 0 aromatic heterocycles. The van der Waals surface area contributed by atoms with Crippen molar-refractivity contribution >= 4 is 10.0 Å². The molecule has 0 amide bonds. The molecule has 1 N–H and O–H groups in total. The smallest absolute Gasteiger partial charge is 0.243 e. The first-order valence-corrected chi connectivity index (χ1v) is 11.2. The highest BCUT2D eigenvalue weighted by Gasteiger charge is 2.45. The van der Waals surface area contributed by atoms with Crippen LogP contribution in [0.15, 0.2) is 89.8 Å². The summed E-state index contributed by atoms with van der Waals surface area (Å²) in [5.41, 5.74) is 2.41. The molecule has 29 heavy (non-hydrogen) atoms. The van der Waals surface area contributed by atoms with Crippen LogP contribution in [0.2, 0.25) is 0 Å². The molecule has 3 aromatic carbocycles. The highest BCUT2D eigenvalue weighted by Crippen LogP contribution is 2.41. The van der Waals surface area contributed by atoms with Crippen LogP contribution in [0.4, 0.5) is 0 Å². The zero-order valence-electron chi connectivity index (χ0n) is 16.4. The predicted octanol–water partition coefficient (Wildman–Crippen LogP) is 3.74. The van der Waals surface area contributed by atoms with E-state index in [4.69, 9.17) is 0 Å². The first kappa shape index (κ1) is 19.8. The number of aliphatic hydroxyl groups excluding tert-OH is 1. The van der Waals surface area contributed by atoms with Crippen molar-refractivity contribution < 1.29 is 13.5 Å². The van der Waals surface area contributed by atoms with Gasteiger partial charge in [-0.2, -0.15) is 4.31 Å². The minimum absolute atomic E-state index is 0.0949. The van der Waals surface area contributed by atoms with Gasteiger partial charge in [-0.15, -0.1) is 0 Å². The fourth-order valence-corrected chi connectivity index (χ4v) is 5.81. The van der Waals surface area contributed by atoms with E-state index in [9.17, 15) is 13.5 Å². The highest BCUT2D eigenvalue weighted by atomic mass is 32.2. The minimum Gasteiger partial charge on any atom is -0.392 e. The molecule has 1 fully saturated rings. The average molecular weight is 408 g/mol. The van der Waals surface area contributed by atoms with E-state index >= 15 is 0 Å². The van der Waals surface area contributed by atoms with Gasteiger partial charge < -0.3 is 5.11 Å². The molecule has 0 aliphatic carbocycles. The zero-order valence-corrected chi connectivity index (χ0v) is 17.2. The second-order valence-electron chi connectivity index (χ2n) is 7.78. The van der Waals surface area contributed by atoms with Crippen molar-refractivity contribution in [3.05, 3.63) is 102 Å². The number of sulfonamides is 1. The van der Waals surface area contributed by atoms with E-state index in [1.165, 1.54) is 4.31 Å². The molecule has 0 bridgehead atoms. The van der Waals surface area contributed by atoms with Crippen molar-refractivity contribution in [3.8, 4) is 0 Å². The van der Waals surface area contributed by atoms with Crippen LogP contribution in [-0.4, -0.2) is 37.0 Å². The summed E-state index contributed by atoms with van der Waals surface area (Å²) in [5.74, 6) is 0. The quantitative estimate of drug-likeness (QED) is 0.717. The van der Waals surface area contributed by atoms with E-state index in [2.05, 4.69) is 0 Å². The Morgan fingerprint density at radius 1 is 0.862 bits per heavy atom. The SMILES string of the molecule is Cc1ccc(S(=O)(=O)N2C[C@H](O)CC(c3ccccc3)(c3ccccc3)C2)cc1. The van der Waals surface area contributed by atoms with E-state index < -0.39 is 21.5 Å². The monoisotopic (exact) mass is 407 g/mol. The number of aryl methyl sites for hydroxylation is 1. The van der Waals surface area contributed by atoms with Crippen LogP contribution < -0.4 is 0 Å². The lowest BCUT2D eigenvalue weighted by molar-refractivity contribution is 0.0734. The lowest BCUT2D eigenvalue weighted by Crippen LogP contribution is -2.54. The van der Waals surface area contributed by atoms with Gasteiger partial charge in [-0.3, -0.25) is 0 Å². The van der Waals surface area contributed by atoms with Gasteiger partial charge in [0.25, 0.3) is 0 Å². The number of β-amino-alcohol motifs (C(OH)–C–C–N with tert-alkyl or cyclic N) is 1. The van der Waals surface area contributed by atoms with Crippen LogP contribution >= 0.6 is 0 Å². The van der Waals surface area contributed by atoms with Gasteiger partial charge in [-0.25, -0.2) is 8.42 Å². The van der Waals surface area contributed by atoms with Gasteiger partial charge in [0.2, 0.25) is 10.0 Å². The van der Waals surface area contributed by atoms with Crippen LogP contribution in [0.1, 0.15) is 23.1 Å². The third-order valence-corrected chi connectivity index (χ3v) is 7.58. The molecule has 1 atom stereocenters. The standard InChI is InChI=1S/C24H25NO3S/c1-19-12-14-23(15-13-19)29(27,28)25-17-22(26)16-24(18-25,20-8-4-2-5-9-20)21-10-6-3-7-11-21/h2-15,22,26H,16-18H2,1H3/t22-/m1/s1. The Balaban J connectivity index is 1.82. The van der Waals surface area contributed by atoms with Gasteiger partial charge in [0.15, 0.2) is 0 Å². The van der Waals surface area contributed by atoms with Gasteiger partial charge in [0.05, 0.1) is 11.0 Å². The van der Waals surface area contributed by atoms with E-state index in [0.29, 0.717) is 6.42 Å². The molecule has 1 saturated heterocycles. The summed E-state index contributed by atoms with van der Waals surface area (Å²) in [7, 11) is -3.73. The lowest BCUT2D eigenvalue weighted by Gasteiger charge is -2.45. The molecule has 0 spiro atoms. The third kappa shape index (κ3) is 3.73. The molecule has 1 aliphatic heterocycles. The summed E-state index contributed by atoms with van der Waals surface area (Å²) >= 11 is 0. The number of hydrogen-bond donors (Lipinski definition) is 1. The first-order chi connectivity index (χ1) is 13.9. The number of nitrogens with zero attached hydrogens (tertiary/aromatic N) is 1. The Morgan fingerprint density at radius 3 is 1.90 bits per heavy atom. The van der Waals surface area contributed by atoms with Crippen molar-refractivity contribution in [1.29, 1.82) is 0 Å². The molecule has 5 heteroatoms. The van der Waals surface area contributed by atoms with Crippen LogP contribution in [0, 0.1) is 6.92 Å². The van der Waals surface area contributed by atoms with Crippen LogP contribution in [0.25, 0.3) is 0 Å². The lowest BCUT2D eigenvalue weighted by atomic mass is 9.69. The summed E-state index contributed by atoms with van der Waals surface area (Å²) in [4.78, 5) is 0.257. The average Bonchev–Trinajstić information content (AvgIpc) is 2.75. The maximum Gasteiger partial charge on any atom is 0.243 e. The van der Waals surface area contributed by atoms with Crippen molar-refractivity contribution in [2.75, 3.05) is 13.1 Å². The predicted molar refractivity (Wildman–Crippen MR) is 114 cm³/mol. The maximum atomic E-state index is 13.4. The summed E-state index contributed by atoms with van der Waals surface area (Å²) in [6, 6.07) is 26.7. The fourth-order valence-electron chi connectivity index (χ4n) is 4.27. The van der Waals surface area contributed by atoms with Gasteiger partial charge in [-0.1, -0.05) is 78.4 Å². The number of piperidine rings is 1. The molecular weight excluding hydrogens is 382 g/mol. The molecule has 1 aliphatic rings. The molecule has 1 heterocycles. The summed E-state index contributed by atoms with van der Waals surface area (Å²) in [6.45, 7) is 2.31. The summed E-state index contributed by atoms with van der Waals surface area (Å²) < 4.78 is 28.3. The molecule has 0 unspecified atom stereocenters. The van der Waals surface area contributed by atoms with Crippen molar-refractivity contribution in [3.63, 3.8) is 0 Å².